The molecule has 5 aromatic rings. The van der Waals surface area contributed by atoms with Crippen LogP contribution in [0.1, 0.15) is 24.6 Å². The van der Waals surface area contributed by atoms with Crippen LogP contribution >= 0.6 is 0 Å². The Hall–Kier alpha value is -4.44. The number of anilines is 2. The predicted molar refractivity (Wildman–Crippen MR) is 148 cm³/mol. The van der Waals surface area contributed by atoms with Crippen LogP contribution in [0.15, 0.2) is 54.9 Å². The maximum absolute atomic E-state index is 13.0. The van der Waals surface area contributed by atoms with E-state index in [1.165, 1.54) is 6.33 Å². The van der Waals surface area contributed by atoms with E-state index in [4.69, 9.17) is 15.6 Å². The van der Waals surface area contributed by atoms with Crippen LogP contribution in [0.25, 0.3) is 33.2 Å². The van der Waals surface area contributed by atoms with Crippen molar-refractivity contribution in [3.05, 3.63) is 60.6 Å². The average Bonchev–Trinajstić information content (AvgIpc) is 3.48. The standard InChI is InChI=1S/C28H30N8O2/c1-35-20(13-17-5-3-4-6-22(17)35)15-24(37)33-21-8-7-18(14-23(21)38-2)26-25-27(29)31-16-32-28(25)36(34-26)19-9-11-30-12-10-19/h3-8,13-14,16,19,30H,9-12,15H2,1-2H3,(H,33,37)(H2,29,31,32). The van der Waals surface area contributed by atoms with Crippen molar-refractivity contribution in [1.29, 1.82) is 0 Å². The number of piperidine rings is 1. The number of nitrogens with one attached hydrogen (secondary N) is 2. The molecule has 0 unspecified atom stereocenters. The van der Waals surface area contributed by atoms with Gasteiger partial charge in [-0.25, -0.2) is 14.6 Å². The van der Waals surface area contributed by atoms with Gasteiger partial charge in [-0.1, -0.05) is 24.3 Å². The fourth-order valence-corrected chi connectivity index (χ4v) is 5.32. The van der Waals surface area contributed by atoms with Crippen LogP contribution in [-0.4, -0.2) is 50.4 Å². The Morgan fingerprint density at radius 3 is 2.76 bits per heavy atom. The highest BCUT2D eigenvalue weighted by molar-refractivity contribution is 5.99. The van der Waals surface area contributed by atoms with Crippen molar-refractivity contribution in [3.63, 3.8) is 0 Å². The molecule has 10 nitrogen and oxygen atoms in total. The summed E-state index contributed by atoms with van der Waals surface area (Å²) in [6.45, 7) is 1.87. The second-order valence-electron chi connectivity index (χ2n) is 9.63. The number of aromatic nitrogens is 5. The van der Waals surface area contributed by atoms with Gasteiger partial charge in [0.2, 0.25) is 5.91 Å². The zero-order valence-electron chi connectivity index (χ0n) is 21.4. The number of carbonyl (C=O) groups is 1. The Kier molecular flexibility index (Phi) is 6.16. The van der Waals surface area contributed by atoms with Crippen molar-refractivity contribution in [2.24, 2.45) is 7.05 Å². The number of methoxy groups -OCH3 is 1. The second kappa shape index (κ2) is 9.79. The van der Waals surface area contributed by atoms with Gasteiger partial charge in [-0.2, -0.15) is 5.10 Å². The number of amides is 1. The van der Waals surface area contributed by atoms with Crippen LogP contribution < -0.4 is 21.1 Å². The van der Waals surface area contributed by atoms with Crippen molar-refractivity contribution in [3.8, 4) is 17.0 Å². The quantitative estimate of drug-likeness (QED) is 0.318. The van der Waals surface area contributed by atoms with Gasteiger partial charge in [-0.05, 0) is 55.6 Å². The molecule has 0 bridgehead atoms. The van der Waals surface area contributed by atoms with E-state index in [1.54, 1.807) is 7.11 Å². The first-order chi connectivity index (χ1) is 18.5. The van der Waals surface area contributed by atoms with E-state index in [0.29, 0.717) is 22.9 Å². The zero-order valence-corrected chi connectivity index (χ0v) is 21.4. The summed E-state index contributed by atoms with van der Waals surface area (Å²) in [7, 11) is 3.56. The van der Waals surface area contributed by atoms with Crippen LogP contribution in [0.3, 0.4) is 0 Å². The van der Waals surface area contributed by atoms with Crippen LogP contribution in [-0.2, 0) is 18.3 Å². The first-order valence-electron chi connectivity index (χ1n) is 12.7. The summed E-state index contributed by atoms with van der Waals surface area (Å²) < 4.78 is 9.70. The van der Waals surface area contributed by atoms with E-state index in [-0.39, 0.29) is 18.4 Å². The molecule has 0 atom stereocenters. The Labute approximate surface area is 219 Å². The number of para-hydroxylation sites is 1. The molecule has 4 heterocycles. The third kappa shape index (κ3) is 4.22. The number of carbonyl (C=O) groups excluding carboxylic acids is 1. The van der Waals surface area contributed by atoms with Crippen LogP contribution in [0.4, 0.5) is 11.5 Å². The third-order valence-corrected chi connectivity index (χ3v) is 7.31. The molecule has 10 heteroatoms. The van der Waals surface area contributed by atoms with Gasteiger partial charge in [0.25, 0.3) is 0 Å². The molecule has 6 rings (SSSR count). The van der Waals surface area contributed by atoms with Gasteiger partial charge in [0.1, 0.15) is 23.6 Å². The fourth-order valence-electron chi connectivity index (χ4n) is 5.32. The lowest BCUT2D eigenvalue weighted by molar-refractivity contribution is -0.115. The van der Waals surface area contributed by atoms with Gasteiger partial charge in [0, 0.05) is 23.8 Å². The SMILES string of the molecule is COc1cc(-c2nn(C3CCNCC3)c3ncnc(N)c23)ccc1NC(=O)Cc1cc2ccccc2n1C. The Morgan fingerprint density at radius 1 is 1.16 bits per heavy atom. The maximum Gasteiger partial charge on any atom is 0.230 e. The smallest absolute Gasteiger partial charge is 0.230 e. The van der Waals surface area contributed by atoms with E-state index in [2.05, 4.69) is 20.6 Å². The molecule has 0 saturated carbocycles. The predicted octanol–water partition coefficient (Wildman–Crippen LogP) is 3.68. The number of aryl methyl sites for hydroxylation is 1. The normalized spacial score (nSPS) is 14.3. The molecule has 38 heavy (non-hydrogen) atoms. The topological polar surface area (TPSA) is 125 Å². The molecule has 1 aliphatic rings. The van der Waals surface area contributed by atoms with Crippen molar-refractivity contribution in [1.82, 2.24) is 29.6 Å². The van der Waals surface area contributed by atoms with Crippen LogP contribution in [0, 0.1) is 0 Å². The summed E-state index contributed by atoms with van der Waals surface area (Å²) in [5.74, 6) is 0.796. The number of fused-ring (bicyclic) bond motifs is 2. The molecule has 1 amide bonds. The van der Waals surface area contributed by atoms with Crippen LogP contribution in [0.2, 0.25) is 0 Å². The van der Waals surface area contributed by atoms with Gasteiger partial charge in [-0.3, -0.25) is 4.79 Å². The highest BCUT2D eigenvalue weighted by Gasteiger charge is 2.24. The molecule has 2 aromatic carbocycles. The summed E-state index contributed by atoms with van der Waals surface area (Å²) in [5, 5.41) is 13.2. The molecule has 0 aliphatic carbocycles. The Morgan fingerprint density at radius 2 is 1.97 bits per heavy atom. The monoisotopic (exact) mass is 510 g/mol. The molecular weight excluding hydrogens is 480 g/mol. The van der Waals surface area contributed by atoms with Crippen LogP contribution in [0.5, 0.6) is 5.75 Å². The first-order valence-corrected chi connectivity index (χ1v) is 12.7. The minimum Gasteiger partial charge on any atom is -0.495 e. The average molecular weight is 511 g/mol. The highest BCUT2D eigenvalue weighted by atomic mass is 16.5. The Balaban J connectivity index is 1.30. The largest absolute Gasteiger partial charge is 0.495 e. The van der Waals surface area contributed by atoms with E-state index < -0.39 is 0 Å². The number of rotatable bonds is 6. The van der Waals surface area contributed by atoms with Gasteiger partial charge in [0.15, 0.2) is 5.65 Å². The second-order valence-corrected chi connectivity index (χ2v) is 9.63. The molecule has 194 valence electrons. The van der Waals surface area contributed by atoms with Gasteiger partial charge in [-0.15, -0.1) is 0 Å². The van der Waals surface area contributed by atoms with Gasteiger partial charge < -0.3 is 25.7 Å². The summed E-state index contributed by atoms with van der Waals surface area (Å²) in [6, 6.07) is 16.0. The number of nitrogens with two attached hydrogens (primary N) is 1. The zero-order chi connectivity index (χ0) is 26.2. The molecule has 3 aromatic heterocycles. The molecule has 4 N–H and O–H groups in total. The molecular formula is C28H30N8O2. The van der Waals surface area contributed by atoms with Crippen molar-refractivity contribution < 1.29 is 9.53 Å². The van der Waals surface area contributed by atoms with Crippen molar-refractivity contribution in [2.75, 3.05) is 31.2 Å². The van der Waals surface area contributed by atoms with E-state index in [0.717, 1.165) is 59.1 Å². The lowest BCUT2D eigenvalue weighted by Gasteiger charge is -2.23. The van der Waals surface area contributed by atoms with Gasteiger partial charge >= 0.3 is 0 Å². The summed E-state index contributed by atoms with van der Waals surface area (Å²) in [6.07, 6.45) is 3.65. The summed E-state index contributed by atoms with van der Waals surface area (Å²) in [4.78, 5) is 21.7. The number of nitrogen functional groups attached to an aromatic ring is 1. The molecule has 1 aliphatic heterocycles. The number of benzene rings is 2. The molecule has 1 saturated heterocycles. The number of hydrogen-bond acceptors (Lipinski definition) is 7. The van der Waals surface area contributed by atoms with Crippen molar-refractivity contribution in [2.45, 2.75) is 25.3 Å². The highest BCUT2D eigenvalue weighted by Crippen LogP contribution is 2.37. The minimum absolute atomic E-state index is 0.125. The minimum atomic E-state index is -0.125. The third-order valence-electron chi connectivity index (χ3n) is 7.31. The number of hydrogen-bond donors (Lipinski definition) is 3. The molecule has 0 radical (unpaired) electrons. The molecule has 1 fully saturated rings. The number of ether oxygens (including phenoxy) is 1. The first kappa shape index (κ1) is 23.9. The number of nitrogens with zero attached hydrogens (tertiary/aromatic N) is 5. The summed E-state index contributed by atoms with van der Waals surface area (Å²) >= 11 is 0. The lowest BCUT2D eigenvalue weighted by Crippen LogP contribution is -2.30. The van der Waals surface area contributed by atoms with E-state index in [9.17, 15) is 4.79 Å². The summed E-state index contributed by atoms with van der Waals surface area (Å²) in [5.41, 5.74) is 11.2. The maximum atomic E-state index is 13.0. The van der Waals surface area contributed by atoms with E-state index >= 15 is 0 Å². The van der Waals surface area contributed by atoms with Crippen molar-refractivity contribution >= 4 is 39.3 Å². The molecule has 0 spiro atoms. The Bertz CT molecular complexity index is 1650. The van der Waals surface area contributed by atoms with E-state index in [1.807, 2.05) is 64.8 Å². The van der Waals surface area contributed by atoms with Gasteiger partial charge in [0.05, 0.1) is 30.6 Å². The fraction of sp³-hybridized carbons (Fsp3) is 0.286. The lowest BCUT2D eigenvalue weighted by atomic mass is 10.1.